The van der Waals surface area contributed by atoms with E-state index in [2.05, 4.69) is 0 Å². The van der Waals surface area contributed by atoms with E-state index in [1.807, 2.05) is 0 Å². The lowest BCUT2D eigenvalue weighted by atomic mass is 10.1. The molecule has 0 aliphatic heterocycles. The summed E-state index contributed by atoms with van der Waals surface area (Å²) >= 11 is 11.6. The minimum atomic E-state index is -0.157. The molecular weight excluding hydrogens is 247 g/mol. The van der Waals surface area contributed by atoms with Crippen LogP contribution in [-0.2, 0) is 4.79 Å². The summed E-state index contributed by atoms with van der Waals surface area (Å²) in [5, 5.41) is 0.862. The lowest BCUT2D eigenvalue weighted by Gasteiger charge is -2.09. The molecule has 4 heteroatoms. The quantitative estimate of drug-likeness (QED) is 0.590. The predicted molar refractivity (Wildman–Crippen MR) is 64.1 cm³/mol. The monoisotopic (exact) mass is 258 g/mol. The first-order valence-electron chi connectivity index (χ1n) is 5.33. The molecule has 2 rings (SSSR count). The van der Waals surface area contributed by atoms with Crippen LogP contribution in [-0.4, -0.2) is 5.97 Å². The molecule has 1 saturated carbocycles. The van der Waals surface area contributed by atoms with Gasteiger partial charge in [-0.15, -0.1) is 0 Å². The Bertz CT molecular complexity index is 398. The van der Waals surface area contributed by atoms with E-state index in [0.717, 1.165) is 25.7 Å². The summed E-state index contributed by atoms with van der Waals surface area (Å²) < 4.78 is 5.25. The van der Waals surface area contributed by atoms with Gasteiger partial charge in [-0.1, -0.05) is 36.0 Å². The number of carbonyl (C=O) groups excluding carboxylic acids is 1. The second kappa shape index (κ2) is 5.07. The van der Waals surface area contributed by atoms with Crippen LogP contribution < -0.4 is 4.74 Å². The van der Waals surface area contributed by atoms with E-state index in [0.29, 0.717) is 15.8 Å². The Morgan fingerprint density at radius 3 is 2.50 bits per heavy atom. The molecule has 0 aromatic heterocycles. The molecule has 1 aromatic rings. The molecule has 1 fully saturated rings. The molecule has 86 valence electrons. The molecule has 0 saturated heterocycles. The van der Waals surface area contributed by atoms with Gasteiger partial charge in [0.05, 0.1) is 16.0 Å². The summed E-state index contributed by atoms with van der Waals surface area (Å²) in [6, 6.07) is 4.85. The van der Waals surface area contributed by atoms with Crippen LogP contribution in [0, 0.1) is 5.92 Å². The molecule has 0 amide bonds. The van der Waals surface area contributed by atoms with Crippen molar-refractivity contribution in [2.45, 2.75) is 25.7 Å². The summed E-state index contributed by atoms with van der Waals surface area (Å²) in [7, 11) is 0. The van der Waals surface area contributed by atoms with E-state index in [1.165, 1.54) is 0 Å². The number of carbonyl (C=O) groups is 1. The molecule has 0 atom stereocenters. The summed E-state index contributed by atoms with van der Waals surface area (Å²) in [4.78, 5) is 11.7. The molecular formula is C12H12Cl2O2. The van der Waals surface area contributed by atoms with Crippen molar-refractivity contribution in [3.63, 3.8) is 0 Å². The van der Waals surface area contributed by atoms with Gasteiger partial charge in [-0.05, 0) is 25.0 Å². The maximum absolute atomic E-state index is 11.7. The highest BCUT2D eigenvalue weighted by Gasteiger charge is 2.24. The van der Waals surface area contributed by atoms with E-state index < -0.39 is 0 Å². The van der Waals surface area contributed by atoms with E-state index >= 15 is 0 Å². The first-order chi connectivity index (χ1) is 7.66. The number of halogens is 2. The molecule has 1 aliphatic rings. The highest BCUT2D eigenvalue weighted by atomic mass is 35.5. The Morgan fingerprint density at radius 1 is 1.19 bits per heavy atom. The molecule has 2 nitrogen and oxygen atoms in total. The van der Waals surface area contributed by atoms with Crippen molar-refractivity contribution in [2.24, 2.45) is 5.92 Å². The molecule has 0 radical (unpaired) electrons. The standard InChI is InChI=1S/C12H12Cl2O2/c13-10-6-5-9(7-11(10)14)16-12(15)8-3-1-2-4-8/h5-8H,1-4H2. The van der Waals surface area contributed by atoms with Crippen LogP contribution in [0.2, 0.25) is 10.0 Å². The number of rotatable bonds is 2. The van der Waals surface area contributed by atoms with Gasteiger partial charge in [0.2, 0.25) is 0 Å². The van der Waals surface area contributed by atoms with Crippen LogP contribution in [0.1, 0.15) is 25.7 Å². The zero-order valence-electron chi connectivity index (χ0n) is 8.71. The maximum atomic E-state index is 11.7. The highest BCUT2D eigenvalue weighted by molar-refractivity contribution is 6.42. The zero-order chi connectivity index (χ0) is 11.5. The van der Waals surface area contributed by atoms with Crippen LogP contribution in [0.3, 0.4) is 0 Å². The van der Waals surface area contributed by atoms with Gasteiger partial charge >= 0.3 is 5.97 Å². The molecule has 0 heterocycles. The zero-order valence-corrected chi connectivity index (χ0v) is 10.2. The molecule has 0 N–H and O–H groups in total. The lowest BCUT2D eigenvalue weighted by molar-refractivity contribution is -0.138. The average Bonchev–Trinajstić information content (AvgIpc) is 2.77. The molecule has 0 spiro atoms. The minimum Gasteiger partial charge on any atom is -0.426 e. The number of ether oxygens (including phenoxy) is 1. The lowest BCUT2D eigenvalue weighted by Crippen LogP contribution is -2.17. The number of benzene rings is 1. The second-order valence-electron chi connectivity index (χ2n) is 3.98. The minimum absolute atomic E-state index is 0.0504. The predicted octanol–water partition coefficient (Wildman–Crippen LogP) is 4.09. The number of hydrogen-bond acceptors (Lipinski definition) is 2. The summed E-state index contributed by atoms with van der Waals surface area (Å²) in [6.45, 7) is 0. The van der Waals surface area contributed by atoms with Gasteiger partial charge in [-0.25, -0.2) is 0 Å². The van der Waals surface area contributed by atoms with Gasteiger partial charge in [-0.3, -0.25) is 4.79 Å². The van der Waals surface area contributed by atoms with Crippen molar-refractivity contribution in [1.29, 1.82) is 0 Å². The number of esters is 1. The fourth-order valence-electron chi connectivity index (χ4n) is 1.90. The average molecular weight is 259 g/mol. The van der Waals surface area contributed by atoms with Gasteiger partial charge in [0.1, 0.15) is 5.75 Å². The van der Waals surface area contributed by atoms with Gasteiger partial charge < -0.3 is 4.74 Å². The Balaban J connectivity index is 2.02. The van der Waals surface area contributed by atoms with Crippen molar-refractivity contribution in [1.82, 2.24) is 0 Å². The third-order valence-corrected chi connectivity index (χ3v) is 3.54. The Labute approximate surface area is 104 Å². The van der Waals surface area contributed by atoms with Crippen LogP contribution in [0.5, 0.6) is 5.75 Å². The summed E-state index contributed by atoms with van der Waals surface area (Å²) in [5.41, 5.74) is 0. The van der Waals surface area contributed by atoms with Crippen molar-refractivity contribution in [3.8, 4) is 5.75 Å². The molecule has 0 bridgehead atoms. The Morgan fingerprint density at radius 2 is 1.88 bits per heavy atom. The fourth-order valence-corrected chi connectivity index (χ4v) is 2.19. The van der Waals surface area contributed by atoms with Crippen LogP contribution in [0.4, 0.5) is 0 Å². The van der Waals surface area contributed by atoms with Crippen molar-refractivity contribution < 1.29 is 9.53 Å². The van der Waals surface area contributed by atoms with E-state index in [1.54, 1.807) is 18.2 Å². The fraction of sp³-hybridized carbons (Fsp3) is 0.417. The smallest absolute Gasteiger partial charge is 0.314 e. The number of hydrogen-bond donors (Lipinski definition) is 0. The molecule has 16 heavy (non-hydrogen) atoms. The van der Waals surface area contributed by atoms with Crippen LogP contribution >= 0.6 is 23.2 Å². The first-order valence-corrected chi connectivity index (χ1v) is 6.09. The Hall–Kier alpha value is -0.730. The third-order valence-electron chi connectivity index (χ3n) is 2.80. The largest absolute Gasteiger partial charge is 0.426 e. The maximum Gasteiger partial charge on any atom is 0.314 e. The first kappa shape index (κ1) is 11.7. The summed E-state index contributed by atoms with van der Waals surface area (Å²) in [5.74, 6) is 0.358. The van der Waals surface area contributed by atoms with Gasteiger partial charge in [0.15, 0.2) is 0 Å². The van der Waals surface area contributed by atoms with E-state index in [9.17, 15) is 4.79 Å². The molecule has 1 aliphatic carbocycles. The van der Waals surface area contributed by atoms with Gasteiger partial charge in [0.25, 0.3) is 0 Å². The third kappa shape index (κ3) is 2.69. The topological polar surface area (TPSA) is 26.3 Å². The van der Waals surface area contributed by atoms with Gasteiger partial charge in [-0.2, -0.15) is 0 Å². The Kier molecular flexibility index (Phi) is 3.72. The summed E-state index contributed by atoms with van der Waals surface area (Å²) in [6.07, 6.45) is 4.09. The van der Waals surface area contributed by atoms with E-state index in [4.69, 9.17) is 27.9 Å². The van der Waals surface area contributed by atoms with Crippen molar-refractivity contribution in [2.75, 3.05) is 0 Å². The normalized spacial score (nSPS) is 16.4. The molecule has 1 aromatic carbocycles. The van der Waals surface area contributed by atoms with Crippen LogP contribution in [0.15, 0.2) is 18.2 Å². The highest BCUT2D eigenvalue weighted by Crippen LogP contribution is 2.29. The van der Waals surface area contributed by atoms with Crippen LogP contribution in [0.25, 0.3) is 0 Å². The second-order valence-corrected chi connectivity index (χ2v) is 4.79. The molecule has 0 unspecified atom stereocenters. The van der Waals surface area contributed by atoms with Crippen molar-refractivity contribution >= 4 is 29.2 Å². The van der Waals surface area contributed by atoms with Gasteiger partial charge in [0, 0.05) is 6.07 Å². The van der Waals surface area contributed by atoms with Crippen molar-refractivity contribution in [3.05, 3.63) is 28.2 Å². The SMILES string of the molecule is O=C(Oc1ccc(Cl)c(Cl)c1)C1CCCC1. The van der Waals surface area contributed by atoms with E-state index in [-0.39, 0.29) is 11.9 Å².